The van der Waals surface area contributed by atoms with E-state index >= 15 is 0 Å². The van der Waals surface area contributed by atoms with Crippen LogP contribution in [0.4, 0.5) is 0 Å². The fourth-order valence-corrected chi connectivity index (χ4v) is 3.85. The fraction of sp³-hybridized carbons (Fsp3) is 0.250. The van der Waals surface area contributed by atoms with Crippen LogP contribution in [0.1, 0.15) is 25.3 Å². The van der Waals surface area contributed by atoms with E-state index in [0.717, 1.165) is 17.5 Å². The van der Waals surface area contributed by atoms with E-state index < -0.39 is 11.7 Å². The van der Waals surface area contributed by atoms with E-state index in [-0.39, 0.29) is 17.9 Å². The van der Waals surface area contributed by atoms with Gasteiger partial charge in [0, 0.05) is 23.6 Å². The minimum absolute atomic E-state index is 0.131. The molecule has 0 bridgehead atoms. The summed E-state index contributed by atoms with van der Waals surface area (Å²) in [6.45, 7) is 0.566. The number of aromatic nitrogens is 2. The lowest BCUT2D eigenvalue weighted by molar-refractivity contribution is -0.121. The average Bonchev–Trinajstić information content (AvgIpc) is 2.86. The highest BCUT2D eigenvalue weighted by Crippen LogP contribution is 2.29. The zero-order valence-electron chi connectivity index (χ0n) is 14.5. The molecule has 0 spiro atoms. The molecule has 138 valence electrons. The van der Waals surface area contributed by atoms with Crippen LogP contribution in [0.2, 0.25) is 5.02 Å². The van der Waals surface area contributed by atoms with E-state index in [2.05, 4.69) is 10.3 Å². The molecule has 0 saturated carbocycles. The Morgan fingerprint density at radius 2 is 1.89 bits per heavy atom. The largest absolute Gasteiger partial charge is 0.356 e. The molecule has 6 nitrogen and oxygen atoms in total. The number of halogens is 1. The Kier molecular flexibility index (Phi) is 4.58. The summed E-state index contributed by atoms with van der Waals surface area (Å²) in [5, 5.41) is 3.78. The van der Waals surface area contributed by atoms with Crippen LogP contribution in [-0.4, -0.2) is 22.0 Å². The van der Waals surface area contributed by atoms with E-state index in [1.165, 1.54) is 4.57 Å². The average molecular weight is 384 g/mol. The predicted octanol–water partition coefficient (Wildman–Crippen LogP) is 2.85. The second-order valence-electron chi connectivity index (χ2n) is 6.70. The SMILES string of the molecule is O=C1CC(n2c(=O)[nH]c3cc(-c4ccccc4Cl)ccc3c2=O)CCCN1. The molecule has 2 heterocycles. The molecule has 3 aromatic rings. The molecule has 4 rings (SSSR count). The smallest absolute Gasteiger partial charge is 0.329 e. The fourth-order valence-electron chi connectivity index (χ4n) is 3.60. The van der Waals surface area contributed by atoms with Crippen LogP contribution in [0.3, 0.4) is 0 Å². The van der Waals surface area contributed by atoms with Gasteiger partial charge < -0.3 is 10.3 Å². The van der Waals surface area contributed by atoms with Crippen LogP contribution in [0.25, 0.3) is 22.0 Å². The molecular weight excluding hydrogens is 366 g/mol. The van der Waals surface area contributed by atoms with Gasteiger partial charge >= 0.3 is 5.69 Å². The number of carbonyl (C=O) groups is 1. The van der Waals surface area contributed by atoms with Crippen LogP contribution in [0, 0.1) is 0 Å². The van der Waals surface area contributed by atoms with Gasteiger partial charge in [-0.1, -0.05) is 35.9 Å². The molecule has 27 heavy (non-hydrogen) atoms. The van der Waals surface area contributed by atoms with Crippen LogP contribution in [0.15, 0.2) is 52.1 Å². The van der Waals surface area contributed by atoms with Crippen molar-refractivity contribution in [1.82, 2.24) is 14.9 Å². The van der Waals surface area contributed by atoms with Gasteiger partial charge in [-0.3, -0.25) is 14.2 Å². The first-order chi connectivity index (χ1) is 13.0. The second kappa shape index (κ2) is 7.04. The van der Waals surface area contributed by atoms with Crippen LogP contribution >= 0.6 is 11.6 Å². The van der Waals surface area contributed by atoms with E-state index in [9.17, 15) is 14.4 Å². The molecule has 2 aromatic carbocycles. The molecule has 0 aliphatic carbocycles. The molecule has 1 amide bonds. The lowest BCUT2D eigenvalue weighted by atomic mass is 10.0. The highest BCUT2D eigenvalue weighted by atomic mass is 35.5. The predicted molar refractivity (Wildman–Crippen MR) is 105 cm³/mol. The van der Waals surface area contributed by atoms with Gasteiger partial charge in [0.15, 0.2) is 0 Å². The van der Waals surface area contributed by atoms with Crippen molar-refractivity contribution in [3.05, 3.63) is 68.3 Å². The quantitative estimate of drug-likeness (QED) is 0.713. The molecule has 7 heteroatoms. The molecule has 1 aliphatic rings. The number of nitrogens with zero attached hydrogens (tertiary/aromatic N) is 1. The van der Waals surface area contributed by atoms with Crippen molar-refractivity contribution in [3.63, 3.8) is 0 Å². The summed E-state index contributed by atoms with van der Waals surface area (Å²) in [7, 11) is 0. The van der Waals surface area contributed by atoms with Gasteiger partial charge in [0.1, 0.15) is 0 Å². The van der Waals surface area contributed by atoms with Crippen molar-refractivity contribution in [2.24, 2.45) is 0 Å². The van der Waals surface area contributed by atoms with Gasteiger partial charge in [-0.05, 0) is 36.6 Å². The first kappa shape index (κ1) is 17.5. The summed E-state index contributed by atoms with van der Waals surface area (Å²) in [5.74, 6) is -0.141. The molecule has 0 radical (unpaired) electrons. The van der Waals surface area contributed by atoms with Crippen molar-refractivity contribution >= 4 is 28.4 Å². The van der Waals surface area contributed by atoms with Gasteiger partial charge in [-0.2, -0.15) is 0 Å². The van der Waals surface area contributed by atoms with Crippen LogP contribution in [-0.2, 0) is 4.79 Å². The number of hydrogen-bond donors (Lipinski definition) is 2. The molecule has 1 aliphatic heterocycles. The summed E-state index contributed by atoms with van der Waals surface area (Å²) >= 11 is 6.25. The van der Waals surface area contributed by atoms with E-state index in [1.54, 1.807) is 18.2 Å². The Hall–Kier alpha value is -2.86. The second-order valence-corrected chi connectivity index (χ2v) is 7.10. The van der Waals surface area contributed by atoms with Crippen molar-refractivity contribution < 1.29 is 4.79 Å². The topological polar surface area (TPSA) is 84.0 Å². The van der Waals surface area contributed by atoms with E-state index in [1.807, 2.05) is 24.3 Å². The summed E-state index contributed by atoms with van der Waals surface area (Å²) in [4.78, 5) is 40.2. The molecule has 1 unspecified atom stereocenters. The third-order valence-electron chi connectivity index (χ3n) is 4.94. The Morgan fingerprint density at radius 3 is 2.70 bits per heavy atom. The van der Waals surface area contributed by atoms with Gasteiger partial charge in [-0.15, -0.1) is 0 Å². The number of nitrogens with one attached hydrogen (secondary N) is 2. The molecule has 2 N–H and O–H groups in total. The van der Waals surface area contributed by atoms with Crippen LogP contribution in [0.5, 0.6) is 0 Å². The Morgan fingerprint density at radius 1 is 1.07 bits per heavy atom. The lowest BCUT2D eigenvalue weighted by Crippen LogP contribution is -2.39. The maximum atomic E-state index is 13.0. The zero-order valence-corrected chi connectivity index (χ0v) is 15.3. The van der Waals surface area contributed by atoms with Gasteiger partial charge in [0.25, 0.3) is 5.56 Å². The highest BCUT2D eigenvalue weighted by molar-refractivity contribution is 6.33. The van der Waals surface area contributed by atoms with Crippen molar-refractivity contribution in [2.45, 2.75) is 25.3 Å². The number of H-pyrrole nitrogens is 1. The van der Waals surface area contributed by atoms with Crippen LogP contribution < -0.4 is 16.6 Å². The molecule has 1 saturated heterocycles. The summed E-state index contributed by atoms with van der Waals surface area (Å²) in [6, 6.07) is 12.2. The third kappa shape index (κ3) is 3.28. The summed E-state index contributed by atoms with van der Waals surface area (Å²) < 4.78 is 1.18. The monoisotopic (exact) mass is 383 g/mol. The van der Waals surface area contributed by atoms with E-state index in [4.69, 9.17) is 11.6 Å². The number of carbonyl (C=O) groups excluding carboxylic acids is 1. The normalized spacial score (nSPS) is 17.5. The molecule has 1 aromatic heterocycles. The maximum Gasteiger partial charge on any atom is 0.329 e. The van der Waals surface area contributed by atoms with Crippen molar-refractivity contribution in [1.29, 1.82) is 0 Å². The number of hydrogen-bond acceptors (Lipinski definition) is 3. The standard InChI is InChI=1S/C20H18ClN3O3/c21-16-6-2-1-5-14(16)12-7-8-15-17(10-12)23-20(27)24(19(15)26)13-4-3-9-22-18(25)11-13/h1-2,5-8,10,13H,3-4,9,11H2,(H,22,25)(H,23,27). The number of rotatable bonds is 2. The molecule has 1 atom stereocenters. The number of aromatic amines is 1. The Balaban J connectivity index is 1.84. The van der Waals surface area contributed by atoms with Gasteiger partial charge in [0.05, 0.1) is 16.9 Å². The highest BCUT2D eigenvalue weighted by Gasteiger charge is 2.23. The number of benzene rings is 2. The third-order valence-corrected chi connectivity index (χ3v) is 5.27. The maximum absolute atomic E-state index is 13.0. The number of fused-ring (bicyclic) bond motifs is 1. The van der Waals surface area contributed by atoms with Crippen molar-refractivity contribution in [2.75, 3.05) is 6.54 Å². The first-order valence-corrected chi connectivity index (χ1v) is 9.22. The lowest BCUT2D eigenvalue weighted by Gasteiger charge is -2.16. The zero-order chi connectivity index (χ0) is 19.0. The summed E-state index contributed by atoms with van der Waals surface area (Å²) in [6.07, 6.45) is 1.46. The summed E-state index contributed by atoms with van der Waals surface area (Å²) in [5.41, 5.74) is 1.22. The minimum atomic E-state index is -0.497. The Labute approximate surface area is 159 Å². The van der Waals surface area contributed by atoms with Gasteiger partial charge in [-0.25, -0.2) is 4.79 Å². The number of amides is 1. The van der Waals surface area contributed by atoms with Gasteiger partial charge in [0.2, 0.25) is 5.91 Å². The molecular formula is C20H18ClN3O3. The molecule has 1 fully saturated rings. The first-order valence-electron chi connectivity index (χ1n) is 8.85. The minimum Gasteiger partial charge on any atom is -0.356 e. The van der Waals surface area contributed by atoms with E-state index in [0.29, 0.717) is 28.9 Å². The van der Waals surface area contributed by atoms with Crippen molar-refractivity contribution in [3.8, 4) is 11.1 Å². The Bertz CT molecular complexity index is 1150.